The van der Waals surface area contributed by atoms with Gasteiger partial charge in [0.25, 0.3) is 11.5 Å². The molecule has 2 heterocycles. The van der Waals surface area contributed by atoms with E-state index in [0.717, 1.165) is 29.5 Å². The molecule has 1 N–H and O–H groups in total. The lowest BCUT2D eigenvalue weighted by Gasteiger charge is -2.18. The Morgan fingerprint density at radius 2 is 1.78 bits per heavy atom. The number of aromatic nitrogens is 2. The van der Waals surface area contributed by atoms with E-state index in [4.69, 9.17) is 4.74 Å². The molecule has 0 radical (unpaired) electrons. The summed E-state index contributed by atoms with van der Waals surface area (Å²) in [4.78, 5) is 40.1. The van der Waals surface area contributed by atoms with Crippen LogP contribution in [-0.2, 0) is 24.2 Å². The van der Waals surface area contributed by atoms with Crippen LogP contribution < -0.4 is 16.6 Å². The van der Waals surface area contributed by atoms with Crippen LogP contribution in [0.15, 0.2) is 82.4 Å². The van der Waals surface area contributed by atoms with Gasteiger partial charge in [-0.15, -0.1) is 0 Å². The molecule has 3 aromatic carbocycles. The van der Waals surface area contributed by atoms with Crippen LogP contribution in [-0.4, -0.2) is 34.3 Å². The Kier molecular flexibility index (Phi) is 7.32. The molecular weight excluding hydrogens is 466 g/mol. The molecule has 7 heteroatoms. The van der Waals surface area contributed by atoms with Gasteiger partial charge in [0.05, 0.1) is 30.1 Å². The first-order chi connectivity index (χ1) is 18.0. The average molecular weight is 498 g/mol. The lowest BCUT2D eigenvalue weighted by Crippen LogP contribution is -2.42. The van der Waals surface area contributed by atoms with Crippen LogP contribution in [0.2, 0.25) is 0 Å². The lowest BCUT2D eigenvalue weighted by atomic mass is 10.1. The zero-order valence-electron chi connectivity index (χ0n) is 21.0. The monoisotopic (exact) mass is 497 g/mol. The van der Waals surface area contributed by atoms with E-state index in [-0.39, 0.29) is 24.1 Å². The van der Waals surface area contributed by atoms with Crippen LogP contribution in [0.25, 0.3) is 10.9 Å². The van der Waals surface area contributed by atoms with E-state index in [1.54, 1.807) is 22.8 Å². The summed E-state index contributed by atoms with van der Waals surface area (Å²) in [5.41, 5.74) is 3.29. The van der Waals surface area contributed by atoms with Crippen molar-refractivity contribution in [3.63, 3.8) is 0 Å². The molecule has 37 heavy (non-hydrogen) atoms. The molecule has 1 amide bonds. The van der Waals surface area contributed by atoms with Gasteiger partial charge in [0.15, 0.2) is 0 Å². The number of hydrogen-bond acceptors (Lipinski definition) is 4. The predicted molar refractivity (Wildman–Crippen MR) is 144 cm³/mol. The second-order valence-corrected chi connectivity index (χ2v) is 9.57. The molecule has 0 aliphatic carbocycles. The van der Waals surface area contributed by atoms with E-state index in [1.807, 2.05) is 61.5 Å². The number of carbonyl (C=O) groups excluding carboxylic acids is 1. The number of nitrogens with one attached hydrogen (secondary N) is 1. The van der Waals surface area contributed by atoms with E-state index in [1.165, 1.54) is 4.57 Å². The molecule has 0 saturated carbocycles. The first kappa shape index (κ1) is 24.7. The minimum Gasteiger partial charge on any atom is -0.376 e. The molecule has 1 aliphatic rings. The van der Waals surface area contributed by atoms with Crippen molar-refractivity contribution in [2.24, 2.45) is 0 Å². The number of hydrogen-bond donors (Lipinski definition) is 1. The van der Waals surface area contributed by atoms with E-state index in [2.05, 4.69) is 5.32 Å². The highest BCUT2D eigenvalue weighted by molar-refractivity contribution is 5.97. The third kappa shape index (κ3) is 5.42. The molecular formula is C30H31N3O4. The molecule has 0 unspecified atom stereocenters. The number of nitrogens with zero attached hydrogens (tertiary/aromatic N) is 2. The van der Waals surface area contributed by atoms with Gasteiger partial charge in [0, 0.05) is 18.7 Å². The maximum atomic E-state index is 13.7. The molecule has 1 atom stereocenters. The summed E-state index contributed by atoms with van der Waals surface area (Å²) >= 11 is 0. The number of fused-ring (bicyclic) bond motifs is 1. The number of ether oxygens (including phenoxy) is 1. The Hall–Kier alpha value is -3.97. The minimum atomic E-state index is -0.391. The maximum absolute atomic E-state index is 13.7. The Morgan fingerprint density at radius 3 is 2.54 bits per heavy atom. The normalized spacial score (nSPS) is 15.2. The molecule has 190 valence electrons. The molecule has 0 spiro atoms. The van der Waals surface area contributed by atoms with Crippen LogP contribution in [0.4, 0.5) is 0 Å². The van der Waals surface area contributed by atoms with E-state index < -0.39 is 5.69 Å². The highest BCUT2D eigenvalue weighted by Crippen LogP contribution is 2.17. The molecule has 0 bridgehead atoms. The number of carbonyl (C=O) groups is 1. The zero-order valence-corrected chi connectivity index (χ0v) is 21.0. The smallest absolute Gasteiger partial charge is 0.331 e. The average Bonchev–Trinajstić information content (AvgIpc) is 3.43. The van der Waals surface area contributed by atoms with Gasteiger partial charge < -0.3 is 10.1 Å². The highest BCUT2D eigenvalue weighted by atomic mass is 16.5. The zero-order chi connectivity index (χ0) is 25.8. The number of rotatable bonds is 8. The number of aryl methyl sites for hydroxylation is 1. The van der Waals surface area contributed by atoms with E-state index in [9.17, 15) is 14.4 Å². The van der Waals surface area contributed by atoms with Crippen LogP contribution in [0.5, 0.6) is 0 Å². The Balaban J connectivity index is 1.51. The van der Waals surface area contributed by atoms with Crippen molar-refractivity contribution in [1.29, 1.82) is 0 Å². The Bertz CT molecular complexity index is 1530. The maximum Gasteiger partial charge on any atom is 0.331 e. The van der Waals surface area contributed by atoms with Crippen molar-refractivity contribution >= 4 is 16.8 Å². The summed E-state index contributed by atoms with van der Waals surface area (Å²) in [7, 11) is 0. The Morgan fingerprint density at radius 1 is 1.00 bits per heavy atom. The van der Waals surface area contributed by atoms with Crippen molar-refractivity contribution in [2.45, 2.75) is 45.4 Å². The van der Waals surface area contributed by atoms with Gasteiger partial charge in [-0.2, -0.15) is 0 Å². The topological polar surface area (TPSA) is 82.3 Å². The van der Waals surface area contributed by atoms with E-state index in [0.29, 0.717) is 42.6 Å². The van der Waals surface area contributed by atoms with Gasteiger partial charge in [-0.25, -0.2) is 4.79 Å². The van der Waals surface area contributed by atoms with Crippen molar-refractivity contribution in [2.75, 3.05) is 13.2 Å². The van der Waals surface area contributed by atoms with Crippen LogP contribution in [0.1, 0.15) is 39.9 Å². The van der Waals surface area contributed by atoms with Crippen molar-refractivity contribution in [1.82, 2.24) is 14.5 Å². The summed E-state index contributed by atoms with van der Waals surface area (Å²) in [6.07, 6.45) is 2.31. The molecule has 1 fully saturated rings. The van der Waals surface area contributed by atoms with Gasteiger partial charge in [-0.1, -0.05) is 54.6 Å². The second-order valence-electron chi connectivity index (χ2n) is 9.57. The molecule has 4 aromatic rings. The summed E-state index contributed by atoms with van der Waals surface area (Å²) in [6.45, 7) is 3.65. The predicted octanol–water partition coefficient (Wildman–Crippen LogP) is 3.67. The fourth-order valence-corrected chi connectivity index (χ4v) is 4.89. The van der Waals surface area contributed by atoms with Crippen LogP contribution in [0.3, 0.4) is 0 Å². The number of amides is 1. The molecule has 5 rings (SSSR count). The van der Waals surface area contributed by atoms with Gasteiger partial charge in [-0.3, -0.25) is 18.7 Å². The summed E-state index contributed by atoms with van der Waals surface area (Å²) in [5, 5.41) is 3.36. The fourth-order valence-electron chi connectivity index (χ4n) is 4.89. The van der Waals surface area contributed by atoms with Crippen LogP contribution >= 0.6 is 0 Å². The summed E-state index contributed by atoms with van der Waals surface area (Å²) in [6, 6.07) is 22.8. The largest absolute Gasteiger partial charge is 0.376 e. The van der Waals surface area contributed by atoms with Crippen LogP contribution in [0, 0.1) is 6.92 Å². The standard InChI is InChI=1S/C30H31N3O4/c1-21-8-5-6-11-24(21)19-32-27-18-23(28(34)31-16-15-22-9-3-2-4-10-22)13-14-26(27)29(35)33(30(32)36)20-25-12-7-17-37-25/h2-6,8-11,13-14,18,25H,7,12,15-17,19-20H2,1H3,(H,31,34)/t25-/m1/s1. The molecule has 7 nitrogen and oxygen atoms in total. The fraction of sp³-hybridized carbons (Fsp3) is 0.300. The van der Waals surface area contributed by atoms with Crippen molar-refractivity contribution < 1.29 is 9.53 Å². The summed E-state index contributed by atoms with van der Waals surface area (Å²) < 4.78 is 8.61. The second kappa shape index (κ2) is 11.0. The van der Waals surface area contributed by atoms with Crippen molar-refractivity contribution in [3.05, 3.63) is 116 Å². The van der Waals surface area contributed by atoms with Gasteiger partial charge in [-0.05, 0) is 61.1 Å². The Labute approximate surface area is 215 Å². The summed E-state index contributed by atoms with van der Waals surface area (Å²) in [5.74, 6) is -0.240. The molecule has 1 saturated heterocycles. The first-order valence-corrected chi connectivity index (χ1v) is 12.8. The van der Waals surface area contributed by atoms with Gasteiger partial charge >= 0.3 is 5.69 Å². The van der Waals surface area contributed by atoms with Crippen molar-refractivity contribution in [3.8, 4) is 0 Å². The molecule has 1 aromatic heterocycles. The van der Waals surface area contributed by atoms with Gasteiger partial charge in [0.1, 0.15) is 0 Å². The third-order valence-electron chi connectivity index (χ3n) is 7.03. The first-order valence-electron chi connectivity index (χ1n) is 12.8. The SMILES string of the molecule is Cc1ccccc1Cn1c(=O)n(C[C@H]2CCCO2)c(=O)c2ccc(C(=O)NCCc3ccccc3)cc21. The number of benzene rings is 3. The third-order valence-corrected chi connectivity index (χ3v) is 7.03. The minimum absolute atomic E-state index is 0.149. The molecule has 1 aliphatic heterocycles. The highest BCUT2D eigenvalue weighted by Gasteiger charge is 2.21. The van der Waals surface area contributed by atoms with E-state index >= 15 is 0 Å². The quantitative estimate of drug-likeness (QED) is 0.403. The lowest BCUT2D eigenvalue weighted by molar-refractivity contribution is 0.0948. The van der Waals surface area contributed by atoms with Gasteiger partial charge in [0.2, 0.25) is 0 Å².